The van der Waals surface area contributed by atoms with Crippen molar-refractivity contribution < 1.29 is 8.78 Å². The maximum Gasteiger partial charge on any atom is 0.131 e. The van der Waals surface area contributed by atoms with Gasteiger partial charge in [-0.25, -0.2) is 8.78 Å². The van der Waals surface area contributed by atoms with Crippen LogP contribution in [0.2, 0.25) is 0 Å². The predicted octanol–water partition coefficient (Wildman–Crippen LogP) is 6.23. The number of hydrogen-bond acceptors (Lipinski definition) is 8. The Hall–Kier alpha value is -5.65. The van der Waals surface area contributed by atoms with Crippen molar-refractivity contribution in [3.05, 3.63) is 107 Å². The van der Waals surface area contributed by atoms with Crippen LogP contribution in [0.1, 0.15) is 49.1 Å². The van der Waals surface area contributed by atoms with Crippen LogP contribution in [0.25, 0.3) is 21.8 Å². The van der Waals surface area contributed by atoms with Crippen LogP contribution in [-0.4, -0.2) is 26.3 Å². The highest BCUT2D eigenvalue weighted by Crippen LogP contribution is 2.36. The number of terminal acetylenes is 1. The van der Waals surface area contributed by atoms with Crippen molar-refractivity contribution in [2.24, 2.45) is 12.5 Å². The summed E-state index contributed by atoms with van der Waals surface area (Å²) in [5.74, 6) is 1.46. The molecule has 0 amide bonds. The Balaban J connectivity index is 1.46. The molecule has 1 atom stereocenters. The molecule has 0 saturated carbocycles. The molecule has 0 fully saturated rings. The number of pyridine rings is 1. The summed E-state index contributed by atoms with van der Waals surface area (Å²) in [6.45, 7) is 6.95. The Morgan fingerprint density at radius 1 is 1.04 bits per heavy atom. The van der Waals surface area contributed by atoms with Crippen LogP contribution in [0.15, 0.2) is 72.8 Å². The van der Waals surface area contributed by atoms with Crippen molar-refractivity contribution >= 4 is 33.2 Å². The lowest BCUT2D eigenvalue weighted by Gasteiger charge is -2.24. The molecule has 5 aromatic rings. The van der Waals surface area contributed by atoms with E-state index in [1.54, 1.807) is 34.4 Å². The average Bonchev–Trinajstić information content (AvgIpc) is 3.66. The fraction of sp³-hybridized carbons (Fsp3) is 0.229. The van der Waals surface area contributed by atoms with Crippen molar-refractivity contribution in [1.82, 2.24) is 30.7 Å². The lowest BCUT2D eigenvalue weighted by Crippen LogP contribution is -2.37. The summed E-state index contributed by atoms with van der Waals surface area (Å²) in [5.41, 5.74) is 11.5. The maximum absolute atomic E-state index is 14.5. The number of anilines is 2. The average molecular weight is 618 g/mol. The zero-order valence-electron chi connectivity index (χ0n) is 25.9. The highest BCUT2D eigenvalue weighted by molar-refractivity contribution is 5.99. The van der Waals surface area contributed by atoms with E-state index in [4.69, 9.17) is 6.42 Å². The number of fused-ring (bicyclic) bond motifs is 2. The first kappa shape index (κ1) is 30.4. The number of nitriles is 1. The highest BCUT2D eigenvalue weighted by Gasteiger charge is 2.26. The van der Waals surface area contributed by atoms with Gasteiger partial charge in [-0.2, -0.15) is 10.4 Å². The van der Waals surface area contributed by atoms with Crippen LogP contribution < -0.4 is 21.6 Å². The van der Waals surface area contributed by atoms with Crippen LogP contribution in [0.3, 0.4) is 0 Å². The zero-order valence-corrected chi connectivity index (χ0v) is 25.9. The first-order valence-corrected chi connectivity index (χ1v) is 14.7. The molecule has 3 heterocycles. The minimum absolute atomic E-state index is 0.0338. The van der Waals surface area contributed by atoms with E-state index in [0.29, 0.717) is 40.0 Å². The summed E-state index contributed by atoms with van der Waals surface area (Å²) in [5, 5.41) is 24.9. The van der Waals surface area contributed by atoms with E-state index in [9.17, 15) is 14.0 Å². The van der Waals surface area contributed by atoms with E-state index < -0.39 is 17.7 Å². The fourth-order valence-electron chi connectivity index (χ4n) is 5.52. The first-order valence-electron chi connectivity index (χ1n) is 14.7. The summed E-state index contributed by atoms with van der Waals surface area (Å²) in [4.78, 5) is 4.55. The summed E-state index contributed by atoms with van der Waals surface area (Å²) >= 11 is 0. The Morgan fingerprint density at radius 2 is 1.80 bits per heavy atom. The molecule has 0 spiro atoms. The van der Waals surface area contributed by atoms with Crippen molar-refractivity contribution in [2.75, 3.05) is 17.2 Å². The Bertz CT molecular complexity index is 2060. The topological polar surface area (TPSA) is 106 Å². The summed E-state index contributed by atoms with van der Waals surface area (Å²) in [7, 11) is 1.87. The largest absolute Gasteiger partial charge is 0.383 e. The molecular formula is C35H33F2N9. The number of hydrogen-bond donors (Lipinski definition) is 4. The van der Waals surface area contributed by atoms with Gasteiger partial charge in [0.2, 0.25) is 0 Å². The number of halogens is 2. The smallest absolute Gasteiger partial charge is 0.131 e. The number of aromatic nitrogens is 3. The second-order valence-corrected chi connectivity index (χ2v) is 12.4. The molecule has 1 aliphatic rings. The molecule has 1 aliphatic heterocycles. The zero-order chi connectivity index (χ0) is 32.6. The minimum Gasteiger partial charge on any atom is -0.383 e. The second-order valence-electron chi connectivity index (χ2n) is 12.4. The Labute approximate surface area is 265 Å². The van der Waals surface area contributed by atoms with E-state index in [1.165, 1.54) is 18.2 Å². The lowest BCUT2D eigenvalue weighted by atomic mass is 9.96. The number of nitrogens with one attached hydrogen (secondary N) is 4. The highest BCUT2D eigenvalue weighted by atomic mass is 19.1. The molecule has 0 radical (unpaired) electrons. The van der Waals surface area contributed by atoms with Gasteiger partial charge in [0.1, 0.15) is 17.7 Å². The van der Waals surface area contributed by atoms with Gasteiger partial charge < -0.3 is 16.1 Å². The fourth-order valence-corrected chi connectivity index (χ4v) is 5.52. The van der Waals surface area contributed by atoms with Gasteiger partial charge in [0, 0.05) is 48.0 Å². The van der Waals surface area contributed by atoms with Crippen molar-refractivity contribution in [2.45, 2.75) is 33.4 Å². The number of nitrogens with zero attached hydrogens (tertiary/aromatic N) is 5. The third-order valence-electron chi connectivity index (χ3n) is 7.83. The van der Waals surface area contributed by atoms with E-state index >= 15 is 0 Å². The van der Waals surface area contributed by atoms with Gasteiger partial charge in [0.05, 0.1) is 52.3 Å². The Morgan fingerprint density at radius 3 is 2.52 bits per heavy atom. The number of aryl methyl sites for hydroxylation is 1. The molecule has 46 heavy (non-hydrogen) atoms. The van der Waals surface area contributed by atoms with E-state index in [1.807, 2.05) is 31.3 Å². The van der Waals surface area contributed by atoms with Crippen LogP contribution in [0.5, 0.6) is 0 Å². The molecule has 0 aliphatic carbocycles. The molecule has 4 N–H and O–H groups in total. The molecule has 2 aromatic heterocycles. The molecule has 0 unspecified atom stereocenters. The molecule has 9 nitrogen and oxygen atoms in total. The summed E-state index contributed by atoms with van der Waals surface area (Å²) < 4.78 is 30.8. The molecule has 11 heteroatoms. The molecular weight excluding hydrogens is 584 g/mol. The van der Waals surface area contributed by atoms with Crippen LogP contribution >= 0.6 is 0 Å². The van der Waals surface area contributed by atoms with E-state index in [2.05, 4.69) is 64.4 Å². The van der Waals surface area contributed by atoms with Crippen LogP contribution in [0, 0.1) is 40.7 Å². The predicted molar refractivity (Wildman–Crippen MR) is 176 cm³/mol. The van der Waals surface area contributed by atoms with Gasteiger partial charge in [-0.3, -0.25) is 14.7 Å². The van der Waals surface area contributed by atoms with Crippen molar-refractivity contribution in [3.63, 3.8) is 0 Å². The molecule has 6 rings (SSSR count). The summed E-state index contributed by atoms with van der Waals surface area (Å²) in [6.07, 6.45) is 11.1. The monoisotopic (exact) mass is 617 g/mol. The van der Waals surface area contributed by atoms with Crippen LogP contribution in [0.4, 0.5) is 20.2 Å². The first-order chi connectivity index (χ1) is 22.1. The third kappa shape index (κ3) is 5.88. The number of rotatable bonds is 8. The van der Waals surface area contributed by atoms with Gasteiger partial charge in [-0.15, -0.1) is 12.0 Å². The molecule has 232 valence electrons. The lowest BCUT2D eigenvalue weighted by molar-refractivity contribution is 0.255. The quantitative estimate of drug-likeness (QED) is 0.152. The van der Waals surface area contributed by atoms with Gasteiger partial charge in [-0.1, -0.05) is 44.9 Å². The maximum atomic E-state index is 14.5. The molecule has 0 saturated heterocycles. The van der Waals surface area contributed by atoms with E-state index in [-0.39, 0.29) is 17.5 Å². The minimum atomic E-state index is -0.630. The number of hydrazine groups is 2. The standard InChI is InChI=1S/C35H33F2N9/c1-6-21-16-39-33-22(15-38)13-23(14-25(33)32(21)40-20-35(2,3)4)42-34(24-9-7-12-31-26(24)17-41-45(31)5)30-19-46(44-43-30)18-27-28(36)10-8-11-29(27)37/h1,7-14,16-17,19,34,42-44H,18,20H2,2-5H3,(H,39,40)/t34-/m0/s1. The van der Waals surface area contributed by atoms with Gasteiger partial charge in [0.25, 0.3) is 0 Å². The molecule has 3 aromatic carbocycles. The third-order valence-corrected chi connectivity index (χ3v) is 7.83. The summed E-state index contributed by atoms with van der Waals surface area (Å²) in [6, 6.07) is 15.2. The SMILES string of the molecule is C#Cc1cnc2c(C#N)cc(N[C@H](C3=CN(Cc4c(F)cccc4F)NN3)c3cccc4c3cnn4C)cc2c1NCC(C)(C)C. The number of benzene rings is 3. The van der Waals surface area contributed by atoms with E-state index in [0.717, 1.165) is 22.2 Å². The van der Waals surface area contributed by atoms with Crippen molar-refractivity contribution in [1.29, 1.82) is 5.26 Å². The second kappa shape index (κ2) is 12.0. The van der Waals surface area contributed by atoms with Gasteiger partial charge in [-0.05, 0) is 41.3 Å². The van der Waals surface area contributed by atoms with Gasteiger partial charge in [0.15, 0.2) is 0 Å². The normalized spacial score (nSPS) is 13.7. The molecule has 0 bridgehead atoms. The Kier molecular flexibility index (Phi) is 7.95. The van der Waals surface area contributed by atoms with Crippen LogP contribution in [-0.2, 0) is 13.6 Å². The van der Waals surface area contributed by atoms with Gasteiger partial charge >= 0.3 is 0 Å². The van der Waals surface area contributed by atoms with Crippen molar-refractivity contribution in [3.8, 4) is 18.4 Å².